The maximum absolute atomic E-state index is 12.9. The number of guanidine groups is 1. The van der Waals surface area contributed by atoms with Crippen LogP contribution >= 0.6 is 0 Å². The van der Waals surface area contributed by atoms with Gasteiger partial charge in [-0.1, -0.05) is 72.1 Å². The van der Waals surface area contributed by atoms with Crippen molar-refractivity contribution in [2.75, 3.05) is 52.5 Å². The smallest absolute Gasteiger partial charge is 0.407 e. The molecule has 4 rings (SSSR count). The van der Waals surface area contributed by atoms with Crippen molar-refractivity contribution in [1.29, 1.82) is 0 Å². The lowest BCUT2D eigenvalue weighted by Gasteiger charge is -2.58. The largest absolute Gasteiger partial charge is 0.446 e. The van der Waals surface area contributed by atoms with Gasteiger partial charge in [-0.2, -0.15) is 0 Å². The van der Waals surface area contributed by atoms with E-state index in [1.165, 1.54) is 56.9 Å². The summed E-state index contributed by atoms with van der Waals surface area (Å²) in [6, 6.07) is -0.204. The molecule has 0 saturated heterocycles. The van der Waals surface area contributed by atoms with Gasteiger partial charge in [0, 0.05) is 45.7 Å². The molecule has 8 atom stereocenters. The maximum Gasteiger partial charge on any atom is 0.407 e. The number of allylic oxidation sites excluding steroid dienone is 1. The summed E-state index contributed by atoms with van der Waals surface area (Å²) >= 11 is 0. The Kier molecular flexibility index (Phi) is 17.9. The van der Waals surface area contributed by atoms with Crippen molar-refractivity contribution in [3.05, 3.63) is 24.0 Å². The molecule has 0 spiro atoms. The fourth-order valence-electron chi connectivity index (χ4n) is 11.3. The number of carbonyl (C=O) groups is 2. The van der Waals surface area contributed by atoms with Crippen LogP contribution in [0.2, 0.25) is 0 Å². The first-order valence-electron chi connectivity index (χ1n) is 22.6. The Bertz CT molecular complexity index is 1400. The van der Waals surface area contributed by atoms with Crippen LogP contribution in [-0.2, 0) is 14.2 Å². The minimum absolute atomic E-state index is 0.0295. The third-order valence-electron chi connectivity index (χ3n) is 14.3. The number of nitrogens with two attached hydrogens (primary N) is 3. The van der Waals surface area contributed by atoms with Crippen molar-refractivity contribution in [3.63, 3.8) is 0 Å². The van der Waals surface area contributed by atoms with Gasteiger partial charge in [-0.05, 0) is 118 Å². The van der Waals surface area contributed by atoms with Crippen LogP contribution in [0, 0.1) is 46.3 Å². The van der Waals surface area contributed by atoms with E-state index in [1.807, 2.05) is 13.8 Å². The van der Waals surface area contributed by atoms with Crippen molar-refractivity contribution >= 4 is 18.1 Å². The molecule has 0 heterocycles. The molecule has 13 nitrogen and oxygen atoms in total. The molecular formula is C45H82N8O5. The number of nitrogens with zero attached hydrogens (tertiary/aromatic N) is 2. The minimum Gasteiger partial charge on any atom is -0.446 e. The van der Waals surface area contributed by atoms with E-state index in [1.54, 1.807) is 4.90 Å². The molecule has 3 amide bonds. The van der Waals surface area contributed by atoms with E-state index in [0.717, 1.165) is 54.8 Å². The van der Waals surface area contributed by atoms with Gasteiger partial charge in [0.25, 0.3) is 0 Å². The summed E-state index contributed by atoms with van der Waals surface area (Å²) in [6.45, 7) is 22.9. The van der Waals surface area contributed by atoms with Crippen LogP contribution in [0.3, 0.4) is 0 Å². The van der Waals surface area contributed by atoms with E-state index in [9.17, 15) is 9.59 Å². The first-order valence-corrected chi connectivity index (χ1v) is 22.6. The highest BCUT2D eigenvalue weighted by Gasteiger charge is 2.59. The highest BCUT2D eigenvalue weighted by Crippen LogP contribution is 2.67. The zero-order chi connectivity index (χ0) is 42.5. The van der Waals surface area contributed by atoms with Crippen molar-refractivity contribution in [1.82, 2.24) is 20.9 Å². The van der Waals surface area contributed by atoms with E-state index < -0.39 is 11.9 Å². The molecule has 0 aromatic rings. The molecular weight excluding hydrogens is 733 g/mol. The van der Waals surface area contributed by atoms with Crippen LogP contribution in [0.5, 0.6) is 0 Å². The lowest BCUT2D eigenvalue weighted by Crippen LogP contribution is -2.51. The number of aliphatic imine (C=N–C) groups is 1. The number of carbonyl (C=O) groups excluding carboxylic acids is 2. The highest BCUT2D eigenvalue weighted by atomic mass is 16.7. The van der Waals surface area contributed by atoms with E-state index in [-0.39, 0.29) is 36.7 Å². The monoisotopic (exact) mass is 815 g/mol. The van der Waals surface area contributed by atoms with Gasteiger partial charge in [0.1, 0.15) is 6.10 Å². The number of hydrogen-bond acceptors (Lipinski definition) is 8. The second-order valence-electron chi connectivity index (χ2n) is 19.3. The summed E-state index contributed by atoms with van der Waals surface area (Å²) in [5.41, 5.74) is 18.7. The Hall–Kier alpha value is -3.19. The number of nitrogens with one attached hydrogen (secondary N) is 3. The molecule has 0 aromatic heterocycles. The number of alkyl carbamates (subject to hydrolysis) is 1. The normalized spacial score (nSPS) is 28.3. The average Bonchev–Trinajstić information content (AvgIpc) is 3.51. The fraction of sp³-hybridized carbons (Fsp3) is 0.844. The second kappa shape index (κ2) is 21.9. The molecule has 332 valence electrons. The SMILES string of the molecule is C=C(N)NCCCN(CCCN=C(N)N)C(=O)NCCOC(C)(C)OCCNC(=O)OC1CCC2(C)C(=CCC3C2CCC2(C)C(C(C)CCCC(C)C)CCC32)C1. The molecule has 0 bridgehead atoms. The summed E-state index contributed by atoms with van der Waals surface area (Å²) in [5, 5.41) is 8.76. The van der Waals surface area contributed by atoms with Gasteiger partial charge in [-0.15, -0.1) is 0 Å². The van der Waals surface area contributed by atoms with Crippen molar-refractivity contribution in [2.24, 2.45) is 68.5 Å². The fourth-order valence-corrected chi connectivity index (χ4v) is 11.3. The molecule has 0 radical (unpaired) electrons. The van der Waals surface area contributed by atoms with Crippen LogP contribution in [0.15, 0.2) is 29.0 Å². The summed E-state index contributed by atoms with van der Waals surface area (Å²) < 4.78 is 17.8. The zero-order valence-electron chi connectivity index (χ0n) is 37.3. The predicted octanol–water partition coefficient (Wildman–Crippen LogP) is 6.98. The molecule has 3 saturated carbocycles. The van der Waals surface area contributed by atoms with Crippen LogP contribution in [-0.4, -0.2) is 87.4 Å². The Balaban J connectivity index is 1.14. The van der Waals surface area contributed by atoms with Crippen molar-refractivity contribution < 1.29 is 23.8 Å². The number of ether oxygens (including phenoxy) is 3. The second-order valence-corrected chi connectivity index (χ2v) is 19.3. The Labute approximate surface area is 350 Å². The Morgan fingerprint density at radius 2 is 1.62 bits per heavy atom. The Morgan fingerprint density at radius 1 is 0.914 bits per heavy atom. The summed E-state index contributed by atoms with van der Waals surface area (Å²) in [4.78, 5) is 31.5. The van der Waals surface area contributed by atoms with Gasteiger partial charge in [-0.3, -0.25) is 4.99 Å². The number of fused-ring (bicyclic) bond motifs is 5. The zero-order valence-corrected chi connectivity index (χ0v) is 37.3. The Morgan fingerprint density at radius 3 is 2.31 bits per heavy atom. The van der Waals surface area contributed by atoms with Crippen molar-refractivity contribution in [2.45, 2.75) is 144 Å². The first kappa shape index (κ1) is 47.5. The molecule has 58 heavy (non-hydrogen) atoms. The van der Waals surface area contributed by atoms with E-state index >= 15 is 0 Å². The number of urea groups is 1. The van der Waals surface area contributed by atoms with Gasteiger partial charge in [0.2, 0.25) is 0 Å². The summed E-state index contributed by atoms with van der Waals surface area (Å²) in [7, 11) is 0. The molecule has 4 aliphatic carbocycles. The highest BCUT2D eigenvalue weighted by molar-refractivity contribution is 5.75. The van der Waals surface area contributed by atoms with Gasteiger partial charge >= 0.3 is 12.1 Å². The van der Waals surface area contributed by atoms with Crippen LogP contribution in [0.25, 0.3) is 0 Å². The van der Waals surface area contributed by atoms with Gasteiger partial charge in [0.15, 0.2) is 11.7 Å². The number of rotatable bonds is 23. The first-order chi connectivity index (χ1) is 27.4. The number of hydrogen-bond donors (Lipinski definition) is 6. The van der Waals surface area contributed by atoms with E-state index in [0.29, 0.717) is 63.3 Å². The molecule has 3 fully saturated rings. The third-order valence-corrected chi connectivity index (χ3v) is 14.3. The third kappa shape index (κ3) is 13.4. The topological polar surface area (TPSA) is 192 Å². The lowest BCUT2D eigenvalue weighted by atomic mass is 9.47. The molecule has 0 aliphatic heterocycles. The quantitative estimate of drug-likeness (QED) is 0.0208. The van der Waals surface area contributed by atoms with E-state index in [4.69, 9.17) is 31.4 Å². The standard InChI is InChI=1S/C45H82N8O5/c1-31(2)12-9-13-32(3)37-16-17-38-36-15-14-34-30-35(18-20-44(34,7)39(36)19-21-45(37,38)8)58-42(55)52-25-29-57-43(5,6)56-28-24-51-41(54)53(26-10-22-49-33(4)46)27-11-23-50-40(47)48/h14,31-32,35-39,49H,4,9-13,15-30,46H2,1-3,5-8H3,(H,51,54)(H,52,55)(H4,47,48,50). The molecule has 9 N–H and O–H groups in total. The van der Waals surface area contributed by atoms with Gasteiger partial charge in [-0.25, -0.2) is 9.59 Å². The van der Waals surface area contributed by atoms with Gasteiger partial charge < -0.3 is 52.3 Å². The molecule has 0 aromatic carbocycles. The molecule has 8 unspecified atom stereocenters. The van der Waals surface area contributed by atoms with E-state index in [2.05, 4.69) is 68.2 Å². The predicted molar refractivity (Wildman–Crippen MR) is 234 cm³/mol. The summed E-state index contributed by atoms with van der Waals surface area (Å²) in [5.74, 6) is 4.39. The molecule has 13 heteroatoms. The average molecular weight is 815 g/mol. The van der Waals surface area contributed by atoms with Gasteiger partial charge in [0.05, 0.1) is 19.0 Å². The summed E-state index contributed by atoms with van der Waals surface area (Å²) in [6.07, 6.45) is 17.1. The van der Waals surface area contributed by atoms with Crippen LogP contribution in [0.1, 0.15) is 132 Å². The van der Waals surface area contributed by atoms with Crippen LogP contribution in [0.4, 0.5) is 9.59 Å². The maximum atomic E-state index is 12.9. The van der Waals surface area contributed by atoms with Crippen LogP contribution < -0.4 is 33.2 Å². The van der Waals surface area contributed by atoms with Crippen molar-refractivity contribution in [3.8, 4) is 0 Å². The minimum atomic E-state index is -0.909. The molecule has 4 aliphatic rings. The number of amides is 3. The lowest BCUT2D eigenvalue weighted by molar-refractivity contribution is -0.211.